The molecular weight excluding hydrogens is 208 g/mol. The van der Waals surface area contributed by atoms with Crippen LogP contribution < -0.4 is 10.6 Å². The van der Waals surface area contributed by atoms with Crippen LogP contribution in [-0.2, 0) is 0 Å². The summed E-state index contributed by atoms with van der Waals surface area (Å²) in [6.07, 6.45) is 7.20. The van der Waals surface area contributed by atoms with Crippen LogP contribution >= 0.6 is 0 Å². The zero-order valence-corrected chi connectivity index (χ0v) is 10.4. The lowest BCUT2D eigenvalue weighted by Gasteiger charge is -2.42. The summed E-state index contributed by atoms with van der Waals surface area (Å²) in [5.74, 6) is 1.95. The Kier molecular flexibility index (Phi) is 2.96. The van der Waals surface area contributed by atoms with E-state index in [9.17, 15) is 0 Å². The van der Waals surface area contributed by atoms with Crippen molar-refractivity contribution in [2.45, 2.75) is 32.1 Å². The highest BCUT2D eigenvalue weighted by Crippen LogP contribution is 2.37. The van der Waals surface area contributed by atoms with Gasteiger partial charge in [-0.05, 0) is 48.9 Å². The van der Waals surface area contributed by atoms with Gasteiger partial charge in [-0.2, -0.15) is 0 Å². The lowest BCUT2D eigenvalue weighted by molar-refractivity contribution is 0.202. The molecule has 92 valence electrons. The Labute approximate surface area is 104 Å². The Morgan fingerprint density at radius 1 is 0.941 bits per heavy atom. The monoisotopic (exact) mass is 230 g/mol. The Bertz CT molecular complexity index is 371. The van der Waals surface area contributed by atoms with Crippen molar-refractivity contribution >= 4 is 11.4 Å². The maximum absolute atomic E-state index is 5.74. The molecule has 0 spiro atoms. The molecule has 1 aliphatic heterocycles. The van der Waals surface area contributed by atoms with Crippen LogP contribution in [0.1, 0.15) is 32.1 Å². The van der Waals surface area contributed by atoms with Crippen molar-refractivity contribution in [3.8, 4) is 0 Å². The van der Waals surface area contributed by atoms with Crippen LogP contribution in [-0.4, -0.2) is 13.1 Å². The molecule has 2 nitrogen and oxygen atoms in total. The SMILES string of the molecule is Nc1ccc(N2CC[C@H]3CCCC[C@@H]3C2)cc1. The van der Waals surface area contributed by atoms with Gasteiger partial charge in [-0.25, -0.2) is 0 Å². The zero-order valence-electron chi connectivity index (χ0n) is 10.4. The van der Waals surface area contributed by atoms with E-state index in [1.807, 2.05) is 12.1 Å². The Hall–Kier alpha value is -1.18. The summed E-state index contributed by atoms with van der Waals surface area (Å²) >= 11 is 0. The summed E-state index contributed by atoms with van der Waals surface area (Å²) in [5, 5.41) is 0. The number of hydrogen-bond acceptors (Lipinski definition) is 2. The summed E-state index contributed by atoms with van der Waals surface area (Å²) < 4.78 is 0. The number of piperidine rings is 1. The van der Waals surface area contributed by atoms with Gasteiger partial charge in [-0.3, -0.25) is 0 Å². The van der Waals surface area contributed by atoms with Crippen LogP contribution in [0, 0.1) is 11.8 Å². The largest absolute Gasteiger partial charge is 0.399 e. The van der Waals surface area contributed by atoms with E-state index in [1.165, 1.54) is 50.9 Å². The minimum atomic E-state index is 0.862. The van der Waals surface area contributed by atoms with Gasteiger partial charge in [0, 0.05) is 24.5 Å². The highest BCUT2D eigenvalue weighted by Gasteiger charge is 2.30. The third-order valence-corrected chi connectivity index (χ3v) is 4.55. The predicted molar refractivity (Wildman–Crippen MR) is 73.1 cm³/mol. The molecule has 1 saturated heterocycles. The summed E-state index contributed by atoms with van der Waals surface area (Å²) in [6, 6.07) is 8.36. The van der Waals surface area contributed by atoms with E-state index < -0.39 is 0 Å². The number of nitrogens with two attached hydrogens (primary N) is 1. The van der Waals surface area contributed by atoms with Gasteiger partial charge < -0.3 is 10.6 Å². The van der Waals surface area contributed by atoms with Crippen molar-refractivity contribution in [1.82, 2.24) is 0 Å². The standard InChI is InChI=1S/C15H22N2/c16-14-5-7-15(8-6-14)17-10-9-12-3-1-2-4-13(12)11-17/h5-8,12-13H,1-4,9-11,16H2/t12-,13-/m1/s1. The summed E-state index contributed by atoms with van der Waals surface area (Å²) in [4.78, 5) is 2.55. The van der Waals surface area contributed by atoms with Crippen LogP contribution in [0.3, 0.4) is 0 Å². The minimum absolute atomic E-state index is 0.862. The first-order valence-corrected chi connectivity index (χ1v) is 6.93. The lowest BCUT2D eigenvalue weighted by atomic mass is 9.75. The van der Waals surface area contributed by atoms with E-state index in [4.69, 9.17) is 5.73 Å². The molecule has 2 N–H and O–H groups in total. The quantitative estimate of drug-likeness (QED) is 0.750. The number of nitrogens with zero attached hydrogens (tertiary/aromatic N) is 1. The number of rotatable bonds is 1. The van der Waals surface area contributed by atoms with Gasteiger partial charge in [0.15, 0.2) is 0 Å². The maximum atomic E-state index is 5.74. The molecule has 0 amide bonds. The van der Waals surface area contributed by atoms with Gasteiger partial charge in [0.1, 0.15) is 0 Å². The van der Waals surface area contributed by atoms with Crippen LogP contribution in [0.4, 0.5) is 11.4 Å². The molecule has 2 fully saturated rings. The molecule has 2 aliphatic rings. The molecule has 2 heteroatoms. The van der Waals surface area contributed by atoms with E-state index in [0.29, 0.717) is 0 Å². The van der Waals surface area contributed by atoms with Gasteiger partial charge >= 0.3 is 0 Å². The summed E-state index contributed by atoms with van der Waals surface area (Å²) in [6.45, 7) is 2.49. The molecule has 0 unspecified atom stereocenters. The van der Waals surface area contributed by atoms with E-state index in [-0.39, 0.29) is 0 Å². The Balaban J connectivity index is 1.71. The molecule has 3 rings (SSSR count). The van der Waals surface area contributed by atoms with Gasteiger partial charge in [-0.15, -0.1) is 0 Å². The summed E-state index contributed by atoms with van der Waals surface area (Å²) in [7, 11) is 0. The number of hydrogen-bond donors (Lipinski definition) is 1. The fourth-order valence-corrected chi connectivity index (χ4v) is 3.52. The molecule has 2 atom stereocenters. The van der Waals surface area contributed by atoms with Crippen molar-refractivity contribution in [1.29, 1.82) is 0 Å². The molecule has 1 heterocycles. The second-order valence-electron chi connectivity index (χ2n) is 5.63. The smallest absolute Gasteiger partial charge is 0.0367 e. The Morgan fingerprint density at radius 3 is 2.41 bits per heavy atom. The normalized spacial score (nSPS) is 28.8. The summed E-state index contributed by atoms with van der Waals surface area (Å²) in [5.41, 5.74) is 7.96. The number of benzene rings is 1. The molecular formula is C15H22N2. The molecule has 1 aromatic carbocycles. The molecule has 1 aromatic rings. The predicted octanol–water partition coefficient (Wildman–Crippen LogP) is 3.29. The number of nitrogen functional groups attached to an aromatic ring is 1. The van der Waals surface area contributed by atoms with Crippen molar-refractivity contribution in [2.24, 2.45) is 11.8 Å². The fourth-order valence-electron chi connectivity index (χ4n) is 3.52. The first-order valence-electron chi connectivity index (χ1n) is 6.93. The van der Waals surface area contributed by atoms with Gasteiger partial charge in [0.2, 0.25) is 0 Å². The van der Waals surface area contributed by atoms with Gasteiger partial charge in [-0.1, -0.05) is 19.3 Å². The first-order chi connectivity index (χ1) is 8.33. The second kappa shape index (κ2) is 4.59. The number of anilines is 2. The molecule has 0 radical (unpaired) electrons. The van der Waals surface area contributed by atoms with Crippen LogP contribution in [0.15, 0.2) is 24.3 Å². The average Bonchev–Trinajstić information content (AvgIpc) is 2.39. The molecule has 0 aromatic heterocycles. The Morgan fingerprint density at radius 2 is 1.65 bits per heavy atom. The van der Waals surface area contributed by atoms with E-state index in [0.717, 1.165) is 17.5 Å². The fraction of sp³-hybridized carbons (Fsp3) is 0.600. The number of fused-ring (bicyclic) bond motifs is 1. The average molecular weight is 230 g/mol. The maximum Gasteiger partial charge on any atom is 0.0367 e. The van der Waals surface area contributed by atoms with E-state index in [2.05, 4.69) is 17.0 Å². The van der Waals surface area contributed by atoms with Crippen LogP contribution in [0.2, 0.25) is 0 Å². The van der Waals surface area contributed by atoms with Crippen LogP contribution in [0.25, 0.3) is 0 Å². The molecule has 1 aliphatic carbocycles. The second-order valence-corrected chi connectivity index (χ2v) is 5.63. The highest BCUT2D eigenvalue weighted by molar-refractivity contribution is 5.53. The third-order valence-electron chi connectivity index (χ3n) is 4.55. The minimum Gasteiger partial charge on any atom is -0.399 e. The topological polar surface area (TPSA) is 29.3 Å². The first kappa shape index (κ1) is 10.9. The highest BCUT2D eigenvalue weighted by atomic mass is 15.1. The van der Waals surface area contributed by atoms with Crippen molar-refractivity contribution in [3.05, 3.63) is 24.3 Å². The lowest BCUT2D eigenvalue weighted by Crippen LogP contribution is -2.41. The van der Waals surface area contributed by atoms with Gasteiger partial charge in [0.05, 0.1) is 0 Å². The van der Waals surface area contributed by atoms with Crippen molar-refractivity contribution in [2.75, 3.05) is 23.7 Å². The third kappa shape index (κ3) is 2.26. The van der Waals surface area contributed by atoms with E-state index in [1.54, 1.807) is 0 Å². The molecule has 1 saturated carbocycles. The van der Waals surface area contributed by atoms with Crippen molar-refractivity contribution in [3.63, 3.8) is 0 Å². The van der Waals surface area contributed by atoms with Crippen molar-refractivity contribution < 1.29 is 0 Å². The molecule has 0 bridgehead atoms. The van der Waals surface area contributed by atoms with Crippen LogP contribution in [0.5, 0.6) is 0 Å². The van der Waals surface area contributed by atoms with Gasteiger partial charge in [0.25, 0.3) is 0 Å². The van der Waals surface area contributed by atoms with E-state index >= 15 is 0 Å². The zero-order chi connectivity index (χ0) is 11.7. The molecule has 17 heavy (non-hydrogen) atoms.